The van der Waals surface area contributed by atoms with Crippen molar-refractivity contribution in [2.24, 2.45) is 0 Å². The van der Waals surface area contributed by atoms with Gasteiger partial charge in [0.15, 0.2) is 14.3 Å². The van der Waals surface area contributed by atoms with Crippen molar-refractivity contribution in [3.8, 4) is 10.6 Å². The molecule has 5 aromatic rings. The topological polar surface area (TPSA) is 9.23 Å². The molecule has 0 N–H and O–H groups in total. The van der Waals surface area contributed by atoms with E-state index in [-0.39, 0.29) is 17.1 Å². The fraction of sp³-hybridized carbons (Fsp3) is 0.0769. The second kappa shape index (κ2) is 7.75. The Kier molecular flexibility index (Phi) is 4.91. The Morgan fingerprint density at radius 3 is 1.74 bits per heavy atom. The lowest BCUT2D eigenvalue weighted by Crippen LogP contribution is -2.05. The minimum atomic E-state index is -4.33. The van der Waals surface area contributed by atoms with Gasteiger partial charge in [-0.15, -0.1) is 0 Å². The highest BCUT2D eigenvalue weighted by Crippen LogP contribution is 2.48. The van der Waals surface area contributed by atoms with Crippen LogP contribution < -0.4 is 4.74 Å². The Balaban J connectivity index is 1.39. The Bertz CT molecular complexity index is 1300. The number of hydrogen-bond donors (Lipinski definition) is 0. The molecule has 0 atom stereocenters. The SMILES string of the molecule is FC(F)(F)c1ccc(COc2ccc(-[s+]3c4ccccc4c4ccccc43)cc2)cc1. The quantitative estimate of drug-likeness (QED) is 0.258. The second-order valence-corrected chi connectivity index (χ2v) is 9.22. The molecule has 1 aromatic heterocycles. The maximum atomic E-state index is 12.7. The van der Waals surface area contributed by atoms with Crippen LogP contribution in [0.2, 0.25) is 0 Å². The third kappa shape index (κ3) is 3.77. The van der Waals surface area contributed by atoms with Gasteiger partial charge in [0, 0.05) is 33.4 Å². The van der Waals surface area contributed by atoms with Crippen molar-refractivity contribution < 1.29 is 17.9 Å². The summed E-state index contributed by atoms with van der Waals surface area (Å²) in [4.78, 5) is 1.21. The van der Waals surface area contributed by atoms with Gasteiger partial charge in [0.05, 0.1) is 5.56 Å². The summed E-state index contributed by atoms with van der Waals surface area (Å²) in [5.74, 6) is 0.688. The molecule has 0 aliphatic heterocycles. The number of benzene rings is 4. The molecule has 0 aliphatic carbocycles. The zero-order valence-corrected chi connectivity index (χ0v) is 17.2. The molecule has 0 unspecified atom stereocenters. The summed E-state index contributed by atoms with van der Waals surface area (Å²) in [7, 11) is -0.162. The molecule has 0 bridgehead atoms. The van der Waals surface area contributed by atoms with Crippen LogP contribution in [-0.4, -0.2) is 0 Å². The Morgan fingerprint density at radius 2 is 1.19 bits per heavy atom. The van der Waals surface area contributed by atoms with Gasteiger partial charge in [-0.25, -0.2) is 0 Å². The maximum Gasteiger partial charge on any atom is 0.416 e. The number of alkyl halides is 3. The highest BCUT2D eigenvalue weighted by atomic mass is 32.2. The predicted molar refractivity (Wildman–Crippen MR) is 121 cm³/mol. The molecule has 5 rings (SSSR count). The van der Waals surface area contributed by atoms with Gasteiger partial charge in [-0.3, -0.25) is 0 Å². The van der Waals surface area contributed by atoms with E-state index in [1.54, 1.807) is 0 Å². The number of fused-ring (bicyclic) bond motifs is 3. The van der Waals surface area contributed by atoms with E-state index in [4.69, 9.17) is 4.74 Å². The Morgan fingerprint density at radius 1 is 0.645 bits per heavy atom. The van der Waals surface area contributed by atoms with Crippen LogP contribution in [-0.2, 0) is 12.8 Å². The summed E-state index contributed by atoms with van der Waals surface area (Å²) in [6, 6.07) is 30.1. The number of thiophene rings is 1. The lowest BCUT2D eigenvalue weighted by Gasteiger charge is -2.09. The van der Waals surface area contributed by atoms with Crippen LogP contribution in [0.5, 0.6) is 5.75 Å². The number of halogens is 3. The van der Waals surface area contributed by atoms with Gasteiger partial charge in [-0.2, -0.15) is 13.2 Å². The van der Waals surface area contributed by atoms with E-state index in [1.165, 1.54) is 37.2 Å². The van der Waals surface area contributed by atoms with Crippen molar-refractivity contribution in [2.75, 3.05) is 0 Å². The molecule has 5 heteroatoms. The molecule has 1 nitrogen and oxygen atoms in total. The molecular formula is C26H18F3OS+. The fourth-order valence-electron chi connectivity index (χ4n) is 3.74. The van der Waals surface area contributed by atoms with E-state index in [0.717, 1.165) is 12.1 Å². The monoisotopic (exact) mass is 435 g/mol. The molecule has 4 aromatic carbocycles. The summed E-state index contributed by atoms with van der Waals surface area (Å²) < 4.78 is 46.5. The van der Waals surface area contributed by atoms with Crippen molar-refractivity contribution in [3.63, 3.8) is 0 Å². The Hall–Kier alpha value is -3.31. The van der Waals surface area contributed by atoms with E-state index in [0.29, 0.717) is 11.3 Å². The summed E-state index contributed by atoms with van der Waals surface area (Å²) in [5, 5.41) is 2.56. The first-order valence-corrected chi connectivity index (χ1v) is 11.0. The van der Waals surface area contributed by atoms with E-state index in [1.807, 2.05) is 12.1 Å². The normalized spacial score (nSPS) is 11.8. The molecule has 0 spiro atoms. The minimum absolute atomic E-state index is 0.162. The van der Waals surface area contributed by atoms with E-state index in [9.17, 15) is 13.2 Å². The van der Waals surface area contributed by atoms with E-state index in [2.05, 4.69) is 60.7 Å². The van der Waals surface area contributed by atoms with Gasteiger partial charge in [0.1, 0.15) is 12.4 Å². The van der Waals surface area contributed by atoms with Crippen molar-refractivity contribution in [1.29, 1.82) is 0 Å². The van der Waals surface area contributed by atoms with Crippen molar-refractivity contribution >= 4 is 30.6 Å². The van der Waals surface area contributed by atoms with Crippen LogP contribution in [0.15, 0.2) is 97.1 Å². The first-order valence-electron chi connectivity index (χ1n) is 9.82. The molecule has 0 saturated carbocycles. The summed E-state index contributed by atoms with van der Waals surface area (Å²) in [6.45, 7) is 0.217. The standard InChI is InChI=1S/C26H18F3OS/c27-26(28,29)19-11-9-18(10-12-19)17-30-20-13-15-21(16-14-20)31-24-7-3-1-5-22(24)23-6-2-4-8-25(23)31/h1-16H,17H2/q+1. The number of ether oxygens (including phenoxy) is 1. The van der Waals surface area contributed by atoms with Crippen LogP contribution in [0.25, 0.3) is 25.1 Å². The predicted octanol–water partition coefficient (Wildman–Crippen LogP) is 8.33. The number of rotatable bonds is 4. The van der Waals surface area contributed by atoms with Gasteiger partial charge in [-0.05, 0) is 54.1 Å². The molecule has 1 heterocycles. The fourth-order valence-corrected chi connectivity index (χ4v) is 6.11. The summed E-state index contributed by atoms with van der Waals surface area (Å²) >= 11 is 0. The van der Waals surface area contributed by atoms with E-state index >= 15 is 0 Å². The molecule has 31 heavy (non-hydrogen) atoms. The molecule has 154 valence electrons. The summed E-state index contributed by atoms with van der Waals surface area (Å²) in [5.41, 5.74) is 0.0383. The minimum Gasteiger partial charge on any atom is -0.489 e. The maximum absolute atomic E-state index is 12.7. The van der Waals surface area contributed by atoms with Crippen LogP contribution in [0, 0.1) is 0 Å². The lowest BCUT2D eigenvalue weighted by atomic mass is 10.1. The first kappa shape index (κ1) is 19.6. The third-order valence-electron chi connectivity index (χ3n) is 5.25. The van der Waals surface area contributed by atoms with Crippen LogP contribution in [0.3, 0.4) is 0 Å². The third-order valence-corrected chi connectivity index (χ3v) is 7.59. The Labute approximate surface area is 180 Å². The van der Waals surface area contributed by atoms with Crippen molar-refractivity contribution in [2.45, 2.75) is 12.8 Å². The molecule has 0 amide bonds. The van der Waals surface area contributed by atoms with Gasteiger partial charge in [-0.1, -0.05) is 36.4 Å². The average Bonchev–Trinajstić information content (AvgIpc) is 3.12. The summed E-state index contributed by atoms with van der Waals surface area (Å²) in [6.07, 6.45) is -4.33. The molecule has 0 radical (unpaired) electrons. The number of hydrogen-bond acceptors (Lipinski definition) is 1. The van der Waals surface area contributed by atoms with Gasteiger partial charge < -0.3 is 4.74 Å². The molecule has 0 fully saturated rings. The van der Waals surface area contributed by atoms with Crippen molar-refractivity contribution in [3.05, 3.63) is 108 Å². The zero-order chi connectivity index (χ0) is 21.4. The smallest absolute Gasteiger partial charge is 0.416 e. The van der Waals surface area contributed by atoms with E-state index < -0.39 is 11.7 Å². The largest absolute Gasteiger partial charge is 0.489 e. The van der Waals surface area contributed by atoms with Crippen molar-refractivity contribution in [1.82, 2.24) is 0 Å². The van der Waals surface area contributed by atoms with Crippen LogP contribution in [0.4, 0.5) is 13.2 Å². The molecule has 0 saturated heterocycles. The highest BCUT2D eigenvalue weighted by molar-refractivity contribution is 7.50. The van der Waals surface area contributed by atoms with Gasteiger partial charge in [0.2, 0.25) is 0 Å². The van der Waals surface area contributed by atoms with Gasteiger partial charge in [0.25, 0.3) is 0 Å². The molecule has 0 aliphatic rings. The van der Waals surface area contributed by atoms with Crippen LogP contribution in [0.1, 0.15) is 11.1 Å². The second-order valence-electron chi connectivity index (χ2n) is 7.25. The van der Waals surface area contributed by atoms with Gasteiger partial charge >= 0.3 is 6.18 Å². The zero-order valence-electron chi connectivity index (χ0n) is 16.4. The average molecular weight is 435 g/mol. The molecular weight excluding hydrogens is 417 g/mol. The van der Waals surface area contributed by atoms with Crippen LogP contribution >= 0.6 is 10.5 Å². The first-order chi connectivity index (χ1) is 15.0. The highest BCUT2D eigenvalue weighted by Gasteiger charge is 2.30. The lowest BCUT2D eigenvalue weighted by molar-refractivity contribution is -0.137.